The largest absolute Gasteiger partial charge is 0.432 e. The van der Waals surface area contributed by atoms with Gasteiger partial charge in [-0.1, -0.05) is 27.7 Å². The van der Waals surface area contributed by atoms with Gasteiger partial charge in [0.15, 0.2) is 0 Å². The molecule has 0 aliphatic carbocycles. The number of rotatable bonds is 4. The zero-order valence-corrected chi connectivity index (χ0v) is 11.9. The molecule has 1 saturated heterocycles. The summed E-state index contributed by atoms with van der Waals surface area (Å²) in [7, 11) is 0. The Labute approximate surface area is 110 Å². The topological polar surface area (TPSA) is 41.3 Å². The van der Waals surface area contributed by atoms with Crippen LogP contribution in [0.1, 0.15) is 39.8 Å². The van der Waals surface area contributed by atoms with Crippen LogP contribution in [0.2, 0.25) is 0 Å². The second kappa shape index (κ2) is 5.74. The lowest BCUT2D eigenvalue weighted by Crippen LogP contribution is -2.38. The Morgan fingerprint density at radius 2 is 2.06 bits per heavy atom. The summed E-state index contributed by atoms with van der Waals surface area (Å²) < 4.78 is 5.61. The smallest absolute Gasteiger partial charge is 0.297 e. The molecule has 1 N–H and O–H groups in total. The quantitative estimate of drug-likeness (QED) is 0.893. The van der Waals surface area contributed by atoms with Crippen molar-refractivity contribution in [2.24, 2.45) is 11.8 Å². The van der Waals surface area contributed by atoms with Crippen LogP contribution in [-0.2, 0) is 6.54 Å². The molecule has 4 nitrogen and oxygen atoms in total. The van der Waals surface area contributed by atoms with Crippen molar-refractivity contribution < 1.29 is 4.42 Å². The second-order valence-electron chi connectivity index (χ2n) is 6.01. The molecule has 2 unspecified atom stereocenters. The van der Waals surface area contributed by atoms with Crippen molar-refractivity contribution in [3.05, 3.63) is 12.0 Å². The first kappa shape index (κ1) is 13.4. The lowest BCUT2D eigenvalue weighted by atomic mass is 9.92. The minimum Gasteiger partial charge on any atom is -0.432 e. The fourth-order valence-electron chi connectivity index (χ4n) is 2.65. The zero-order chi connectivity index (χ0) is 13.1. The molecule has 1 aromatic heterocycles. The number of aromatic nitrogens is 1. The molecule has 2 atom stereocenters. The van der Waals surface area contributed by atoms with E-state index in [1.807, 2.05) is 0 Å². The molecule has 0 spiro atoms. The molecule has 4 heteroatoms. The highest BCUT2D eigenvalue weighted by atomic mass is 16.4. The molecule has 0 bridgehead atoms. The molecule has 1 aliphatic heterocycles. The summed E-state index contributed by atoms with van der Waals surface area (Å²) in [5.74, 6) is 1.44. The van der Waals surface area contributed by atoms with E-state index in [0.29, 0.717) is 6.04 Å². The van der Waals surface area contributed by atoms with Gasteiger partial charge in [-0.15, -0.1) is 0 Å². The predicted octanol–water partition coefficient (Wildman–Crippen LogP) is 2.65. The highest BCUT2D eigenvalue weighted by molar-refractivity contribution is 5.28. The minimum atomic E-state index is 0.472. The van der Waals surface area contributed by atoms with Crippen LogP contribution in [0.25, 0.3) is 0 Å². The maximum absolute atomic E-state index is 5.61. The maximum Gasteiger partial charge on any atom is 0.297 e. The zero-order valence-electron chi connectivity index (χ0n) is 11.9. The number of hydrogen-bond donors (Lipinski definition) is 1. The molecule has 1 fully saturated rings. The third-order valence-corrected chi connectivity index (χ3v) is 3.37. The molecule has 18 heavy (non-hydrogen) atoms. The molecule has 0 aromatic carbocycles. The van der Waals surface area contributed by atoms with E-state index in [1.165, 1.54) is 6.42 Å². The van der Waals surface area contributed by atoms with Gasteiger partial charge in [-0.25, -0.2) is 0 Å². The first-order valence-electron chi connectivity index (χ1n) is 6.97. The van der Waals surface area contributed by atoms with Crippen LogP contribution >= 0.6 is 0 Å². The van der Waals surface area contributed by atoms with Crippen molar-refractivity contribution in [2.75, 3.05) is 18.0 Å². The third-order valence-electron chi connectivity index (χ3n) is 3.37. The third kappa shape index (κ3) is 3.48. The van der Waals surface area contributed by atoms with Crippen LogP contribution in [0.4, 0.5) is 6.01 Å². The number of piperidine rings is 1. The van der Waals surface area contributed by atoms with Gasteiger partial charge in [0, 0.05) is 25.7 Å². The molecule has 0 radical (unpaired) electrons. The molecular weight excluding hydrogens is 226 g/mol. The Morgan fingerprint density at radius 1 is 1.39 bits per heavy atom. The summed E-state index contributed by atoms with van der Waals surface area (Å²) in [4.78, 5) is 6.85. The molecule has 1 aromatic rings. The number of anilines is 1. The van der Waals surface area contributed by atoms with Crippen LogP contribution in [-0.4, -0.2) is 24.1 Å². The lowest BCUT2D eigenvalue weighted by molar-refractivity contribution is 0.340. The fraction of sp³-hybridized carbons (Fsp3) is 0.786. The van der Waals surface area contributed by atoms with E-state index < -0.39 is 0 Å². The predicted molar refractivity (Wildman–Crippen MR) is 73.6 cm³/mol. The van der Waals surface area contributed by atoms with Gasteiger partial charge in [0.1, 0.15) is 6.26 Å². The Kier molecular flexibility index (Phi) is 4.27. The van der Waals surface area contributed by atoms with Crippen molar-refractivity contribution in [3.8, 4) is 0 Å². The van der Waals surface area contributed by atoms with Crippen LogP contribution in [0.15, 0.2) is 10.7 Å². The van der Waals surface area contributed by atoms with E-state index in [9.17, 15) is 0 Å². The molecule has 0 saturated carbocycles. The first-order chi connectivity index (χ1) is 8.54. The van der Waals surface area contributed by atoms with Crippen molar-refractivity contribution in [1.82, 2.24) is 10.3 Å². The molecule has 102 valence electrons. The average molecular weight is 251 g/mol. The lowest BCUT2D eigenvalue weighted by Gasteiger charge is -2.33. The Hall–Kier alpha value is -1.03. The molecule has 0 amide bonds. The Morgan fingerprint density at radius 3 is 2.67 bits per heavy atom. The van der Waals surface area contributed by atoms with E-state index in [2.05, 4.69) is 42.9 Å². The van der Waals surface area contributed by atoms with E-state index in [0.717, 1.165) is 43.2 Å². The second-order valence-corrected chi connectivity index (χ2v) is 6.01. The summed E-state index contributed by atoms with van der Waals surface area (Å²) in [5, 5.41) is 3.35. The first-order valence-corrected chi connectivity index (χ1v) is 6.97. The van der Waals surface area contributed by atoms with Crippen molar-refractivity contribution >= 4 is 6.01 Å². The van der Waals surface area contributed by atoms with Gasteiger partial charge < -0.3 is 14.6 Å². The van der Waals surface area contributed by atoms with Gasteiger partial charge in [-0.3, -0.25) is 0 Å². The van der Waals surface area contributed by atoms with Gasteiger partial charge >= 0.3 is 0 Å². The SMILES string of the molecule is CC1CC(C)CN(c2nc(CNC(C)C)co2)C1. The van der Waals surface area contributed by atoms with Gasteiger partial charge in [-0.05, 0) is 18.3 Å². The maximum atomic E-state index is 5.61. The van der Waals surface area contributed by atoms with E-state index in [1.54, 1.807) is 6.26 Å². The van der Waals surface area contributed by atoms with Crippen molar-refractivity contribution in [1.29, 1.82) is 0 Å². The highest BCUT2D eigenvalue weighted by Gasteiger charge is 2.24. The van der Waals surface area contributed by atoms with Gasteiger partial charge in [0.2, 0.25) is 0 Å². The number of nitrogens with one attached hydrogen (secondary N) is 1. The van der Waals surface area contributed by atoms with Crippen LogP contribution < -0.4 is 10.2 Å². The van der Waals surface area contributed by atoms with Crippen molar-refractivity contribution in [3.63, 3.8) is 0 Å². The van der Waals surface area contributed by atoms with Crippen LogP contribution in [0.3, 0.4) is 0 Å². The molecular formula is C14H25N3O. The van der Waals surface area contributed by atoms with E-state index in [4.69, 9.17) is 4.42 Å². The molecule has 2 rings (SSSR count). The number of nitrogens with zero attached hydrogens (tertiary/aromatic N) is 2. The normalized spacial score (nSPS) is 24.8. The van der Waals surface area contributed by atoms with Gasteiger partial charge in [0.05, 0.1) is 5.69 Å². The highest BCUT2D eigenvalue weighted by Crippen LogP contribution is 2.25. The summed E-state index contributed by atoms with van der Waals surface area (Å²) in [6.45, 7) is 11.8. The van der Waals surface area contributed by atoms with E-state index in [-0.39, 0.29) is 0 Å². The minimum absolute atomic E-state index is 0.472. The van der Waals surface area contributed by atoms with Crippen LogP contribution in [0, 0.1) is 11.8 Å². The van der Waals surface area contributed by atoms with Gasteiger partial charge in [-0.2, -0.15) is 4.98 Å². The van der Waals surface area contributed by atoms with Gasteiger partial charge in [0.25, 0.3) is 6.01 Å². The van der Waals surface area contributed by atoms with Crippen LogP contribution in [0.5, 0.6) is 0 Å². The Balaban J connectivity index is 1.96. The fourth-order valence-corrected chi connectivity index (χ4v) is 2.65. The summed E-state index contributed by atoms with van der Waals surface area (Å²) in [5.41, 5.74) is 0.990. The van der Waals surface area contributed by atoms with E-state index >= 15 is 0 Å². The standard InChI is InChI=1S/C14H25N3O/c1-10(2)15-6-13-9-18-14(16-13)17-7-11(3)5-12(4)8-17/h9-12,15H,5-8H2,1-4H3. The molecule has 2 heterocycles. The summed E-state index contributed by atoms with van der Waals surface area (Å²) in [6, 6.07) is 1.26. The molecule has 1 aliphatic rings. The van der Waals surface area contributed by atoms with Crippen molar-refractivity contribution in [2.45, 2.75) is 46.7 Å². The average Bonchev–Trinajstić information content (AvgIpc) is 2.73. The number of hydrogen-bond acceptors (Lipinski definition) is 4. The summed E-state index contributed by atoms with van der Waals surface area (Å²) in [6.07, 6.45) is 3.08. The summed E-state index contributed by atoms with van der Waals surface area (Å²) >= 11 is 0. The monoisotopic (exact) mass is 251 g/mol. The Bertz CT molecular complexity index is 365. The number of oxazole rings is 1.